The van der Waals surface area contributed by atoms with E-state index in [0.29, 0.717) is 6.61 Å². The molecule has 0 aromatic carbocycles. The molecule has 7 heteroatoms. The van der Waals surface area contributed by atoms with Gasteiger partial charge in [0.1, 0.15) is 0 Å². The van der Waals surface area contributed by atoms with Gasteiger partial charge in [-0.25, -0.2) is 13.1 Å². The Hall–Kier alpha value is -0.890. The molecule has 100 valence electrons. The summed E-state index contributed by atoms with van der Waals surface area (Å²) < 4.78 is 32.4. The van der Waals surface area contributed by atoms with Crippen LogP contribution in [0.1, 0.15) is 12.8 Å². The zero-order chi connectivity index (χ0) is 12.8. The highest BCUT2D eigenvalue weighted by molar-refractivity contribution is 7.89. The predicted octanol–water partition coefficient (Wildman–Crippen LogP) is -0.202. The van der Waals surface area contributed by atoms with Gasteiger partial charge < -0.3 is 15.5 Å². The van der Waals surface area contributed by atoms with Crippen LogP contribution in [0.2, 0.25) is 0 Å². The Morgan fingerprint density at radius 1 is 1.50 bits per heavy atom. The van der Waals surface area contributed by atoms with E-state index in [0.717, 1.165) is 12.8 Å². The van der Waals surface area contributed by atoms with E-state index in [2.05, 4.69) is 9.71 Å². The molecule has 3 rings (SSSR count). The molecule has 1 aromatic rings. The van der Waals surface area contributed by atoms with Crippen molar-refractivity contribution < 1.29 is 13.2 Å². The number of rotatable bonds is 3. The summed E-state index contributed by atoms with van der Waals surface area (Å²) in [5.74, 6) is 0.290. The zero-order valence-corrected chi connectivity index (χ0v) is 10.7. The van der Waals surface area contributed by atoms with E-state index in [1.165, 1.54) is 12.3 Å². The van der Waals surface area contributed by atoms with Crippen molar-refractivity contribution in [1.82, 2.24) is 9.71 Å². The largest absolute Gasteiger partial charge is 0.376 e. The fraction of sp³-hybridized carbons (Fsp3) is 0.636. The van der Waals surface area contributed by atoms with Gasteiger partial charge in [-0.3, -0.25) is 0 Å². The highest BCUT2D eigenvalue weighted by Gasteiger charge is 2.51. The molecular formula is C11H17N3O3S. The molecule has 0 bridgehead atoms. The Balaban J connectivity index is 1.74. The van der Waals surface area contributed by atoms with Crippen molar-refractivity contribution in [2.24, 2.45) is 11.7 Å². The number of H-pyrrole nitrogens is 1. The first-order chi connectivity index (χ1) is 8.59. The summed E-state index contributed by atoms with van der Waals surface area (Å²) in [6.45, 7) is 0.691. The topological polar surface area (TPSA) is 97.2 Å². The van der Waals surface area contributed by atoms with Crippen molar-refractivity contribution in [3.05, 3.63) is 18.5 Å². The van der Waals surface area contributed by atoms with E-state index >= 15 is 0 Å². The molecule has 1 aliphatic heterocycles. The molecule has 4 atom stereocenters. The first kappa shape index (κ1) is 12.2. The number of nitrogens with one attached hydrogen (secondary N) is 2. The van der Waals surface area contributed by atoms with Crippen LogP contribution in [0, 0.1) is 5.92 Å². The SMILES string of the molecule is NC1C2CCCOC2C1NS(=O)(=O)c1cc[nH]c1. The van der Waals surface area contributed by atoms with Crippen molar-refractivity contribution >= 4 is 10.0 Å². The first-order valence-electron chi connectivity index (χ1n) is 6.12. The first-order valence-corrected chi connectivity index (χ1v) is 7.60. The van der Waals surface area contributed by atoms with E-state index in [9.17, 15) is 8.42 Å². The summed E-state index contributed by atoms with van der Waals surface area (Å²) in [5, 5.41) is 0. The molecule has 1 saturated heterocycles. The maximum atomic E-state index is 12.1. The van der Waals surface area contributed by atoms with Crippen LogP contribution >= 0.6 is 0 Å². The number of fused-ring (bicyclic) bond motifs is 1. The number of hydrogen-bond donors (Lipinski definition) is 3. The van der Waals surface area contributed by atoms with Crippen LogP contribution in [-0.2, 0) is 14.8 Å². The van der Waals surface area contributed by atoms with Gasteiger partial charge in [-0.2, -0.15) is 0 Å². The van der Waals surface area contributed by atoms with Crippen LogP contribution in [0.3, 0.4) is 0 Å². The van der Waals surface area contributed by atoms with Gasteiger partial charge in [0.15, 0.2) is 0 Å². The average molecular weight is 271 g/mol. The molecule has 2 fully saturated rings. The lowest BCUT2D eigenvalue weighted by Gasteiger charge is -2.52. The number of hydrogen-bond acceptors (Lipinski definition) is 4. The van der Waals surface area contributed by atoms with Gasteiger partial charge >= 0.3 is 0 Å². The Morgan fingerprint density at radius 2 is 2.33 bits per heavy atom. The van der Waals surface area contributed by atoms with E-state index < -0.39 is 10.0 Å². The number of ether oxygens (including phenoxy) is 1. The normalized spacial score (nSPS) is 35.8. The average Bonchev–Trinajstić information content (AvgIpc) is 2.90. The fourth-order valence-corrected chi connectivity index (χ4v) is 4.07. The van der Waals surface area contributed by atoms with Crippen LogP contribution in [0.4, 0.5) is 0 Å². The Kier molecular flexibility index (Phi) is 2.93. The molecule has 2 aliphatic rings. The summed E-state index contributed by atoms with van der Waals surface area (Å²) in [7, 11) is -3.50. The predicted molar refractivity (Wildman–Crippen MR) is 65.3 cm³/mol. The Bertz CT molecular complexity index is 514. The molecule has 0 radical (unpaired) electrons. The number of aromatic nitrogens is 1. The Labute approximate surface area is 106 Å². The van der Waals surface area contributed by atoms with Crippen molar-refractivity contribution in [1.29, 1.82) is 0 Å². The second kappa shape index (κ2) is 4.34. The van der Waals surface area contributed by atoms with Crippen molar-refractivity contribution in [3.63, 3.8) is 0 Å². The molecule has 1 aliphatic carbocycles. The van der Waals surface area contributed by atoms with Gasteiger partial charge in [-0.05, 0) is 18.9 Å². The van der Waals surface area contributed by atoms with Crippen LogP contribution < -0.4 is 10.5 Å². The maximum absolute atomic E-state index is 12.1. The number of aromatic amines is 1. The molecule has 4 N–H and O–H groups in total. The summed E-state index contributed by atoms with van der Waals surface area (Å²) in [6, 6.07) is 1.06. The monoisotopic (exact) mass is 271 g/mol. The second-order valence-electron chi connectivity index (χ2n) is 4.91. The quantitative estimate of drug-likeness (QED) is 0.709. The molecule has 1 saturated carbocycles. The van der Waals surface area contributed by atoms with Crippen molar-refractivity contribution in [3.8, 4) is 0 Å². The smallest absolute Gasteiger partial charge is 0.242 e. The van der Waals surface area contributed by atoms with Crippen LogP contribution in [0.15, 0.2) is 23.4 Å². The van der Waals surface area contributed by atoms with Gasteiger partial charge in [0.25, 0.3) is 0 Å². The van der Waals surface area contributed by atoms with Gasteiger partial charge in [-0.1, -0.05) is 0 Å². The van der Waals surface area contributed by atoms with Crippen molar-refractivity contribution in [2.75, 3.05) is 6.61 Å². The third-order valence-corrected chi connectivity index (χ3v) is 5.31. The zero-order valence-electron chi connectivity index (χ0n) is 9.87. The summed E-state index contributed by atoms with van der Waals surface area (Å²) in [4.78, 5) is 2.96. The minimum atomic E-state index is -3.50. The molecular weight excluding hydrogens is 254 g/mol. The summed E-state index contributed by atoms with van der Waals surface area (Å²) in [5.41, 5.74) is 6.02. The molecule has 6 nitrogen and oxygen atoms in total. The summed E-state index contributed by atoms with van der Waals surface area (Å²) >= 11 is 0. The highest BCUT2D eigenvalue weighted by Crippen LogP contribution is 2.37. The van der Waals surface area contributed by atoms with Gasteiger partial charge in [0, 0.05) is 31.0 Å². The van der Waals surface area contributed by atoms with E-state index in [4.69, 9.17) is 10.5 Å². The minimum Gasteiger partial charge on any atom is -0.376 e. The minimum absolute atomic E-state index is 0.0672. The standard InChI is InChI=1S/C11H17N3O3S/c12-9-8-2-1-5-17-11(8)10(9)14-18(15,16)7-3-4-13-6-7/h3-4,6,8-11,13-14H,1-2,5,12H2. The van der Waals surface area contributed by atoms with E-state index in [1.54, 1.807) is 6.20 Å². The maximum Gasteiger partial charge on any atom is 0.242 e. The summed E-state index contributed by atoms with van der Waals surface area (Å²) in [6.07, 6.45) is 4.99. The highest BCUT2D eigenvalue weighted by atomic mass is 32.2. The van der Waals surface area contributed by atoms with Gasteiger partial charge in [0.2, 0.25) is 10.0 Å². The molecule has 0 spiro atoms. The third-order valence-electron chi connectivity index (χ3n) is 3.85. The van der Waals surface area contributed by atoms with Gasteiger partial charge in [-0.15, -0.1) is 0 Å². The fourth-order valence-electron chi connectivity index (χ4n) is 2.82. The van der Waals surface area contributed by atoms with Gasteiger partial charge in [0.05, 0.1) is 17.0 Å². The van der Waals surface area contributed by atoms with Crippen LogP contribution in [0.25, 0.3) is 0 Å². The van der Waals surface area contributed by atoms with Crippen LogP contribution in [-0.4, -0.2) is 38.2 Å². The lowest BCUT2D eigenvalue weighted by molar-refractivity contribution is -0.114. The lowest BCUT2D eigenvalue weighted by atomic mass is 9.69. The van der Waals surface area contributed by atoms with Crippen LogP contribution in [0.5, 0.6) is 0 Å². The third kappa shape index (κ3) is 1.87. The molecule has 2 heterocycles. The number of sulfonamides is 1. The Morgan fingerprint density at radius 3 is 3.06 bits per heavy atom. The molecule has 18 heavy (non-hydrogen) atoms. The second-order valence-corrected chi connectivity index (χ2v) is 6.63. The molecule has 1 aromatic heterocycles. The van der Waals surface area contributed by atoms with E-state index in [-0.39, 0.29) is 29.0 Å². The number of nitrogens with two attached hydrogens (primary N) is 1. The van der Waals surface area contributed by atoms with Crippen molar-refractivity contribution in [2.45, 2.75) is 35.9 Å². The lowest BCUT2D eigenvalue weighted by Crippen LogP contribution is -2.71. The van der Waals surface area contributed by atoms with E-state index in [1.807, 2.05) is 0 Å². The molecule has 4 unspecified atom stereocenters. The molecule has 0 amide bonds.